The van der Waals surface area contributed by atoms with Gasteiger partial charge in [0, 0.05) is 18.0 Å². The van der Waals surface area contributed by atoms with E-state index in [2.05, 4.69) is 0 Å². The van der Waals surface area contributed by atoms with Crippen molar-refractivity contribution >= 4 is 23.5 Å². The summed E-state index contributed by atoms with van der Waals surface area (Å²) >= 11 is 1.57. The monoisotopic (exact) mass is 382 g/mol. The third kappa shape index (κ3) is 5.37. The minimum Gasteiger partial charge on any atom is -0.444 e. The highest BCUT2D eigenvalue weighted by Crippen LogP contribution is 2.32. The van der Waals surface area contributed by atoms with Crippen LogP contribution < -0.4 is 0 Å². The molecule has 1 aromatic heterocycles. The van der Waals surface area contributed by atoms with Gasteiger partial charge in [0.25, 0.3) is 0 Å². The van der Waals surface area contributed by atoms with E-state index in [0.717, 1.165) is 4.88 Å². The number of carbonyl (C=O) groups is 2. The molecule has 0 radical (unpaired) electrons. The van der Waals surface area contributed by atoms with Crippen LogP contribution in [0.15, 0.2) is 17.5 Å². The fourth-order valence-corrected chi connectivity index (χ4v) is 3.63. The fraction of sp³-hybridized carbons (Fsp3) is 0.684. The Labute approximate surface area is 160 Å². The molecule has 146 valence electrons. The number of piperazine rings is 1. The normalized spacial score (nSPS) is 21.5. The molecule has 0 aliphatic carbocycles. The number of amides is 2. The summed E-state index contributed by atoms with van der Waals surface area (Å²) in [5.41, 5.74) is -1.12. The largest absolute Gasteiger partial charge is 0.444 e. The minimum absolute atomic E-state index is 0.159. The van der Waals surface area contributed by atoms with Crippen LogP contribution in [0.1, 0.15) is 59.4 Å². The Balaban J connectivity index is 2.24. The molecule has 2 heterocycles. The third-order valence-corrected chi connectivity index (χ3v) is 4.84. The molecule has 1 saturated heterocycles. The predicted molar refractivity (Wildman–Crippen MR) is 102 cm³/mol. The number of hydrogen-bond acceptors (Lipinski definition) is 5. The zero-order valence-corrected chi connectivity index (χ0v) is 17.6. The molecule has 0 saturated carbocycles. The summed E-state index contributed by atoms with van der Waals surface area (Å²) in [5, 5.41) is 1.97. The first kappa shape index (κ1) is 20.6. The van der Waals surface area contributed by atoms with Crippen molar-refractivity contribution in [2.24, 2.45) is 0 Å². The van der Waals surface area contributed by atoms with E-state index in [1.807, 2.05) is 66.0 Å². The number of hydrogen-bond donors (Lipinski definition) is 0. The molecule has 7 heteroatoms. The summed E-state index contributed by atoms with van der Waals surface area (Å²) in [7, 11) is 0. The molecule has 0 bridgehead atoms. The number of nitrogens with zero attached hydrogens (tertiary/aromatic N) is 2. The van der Waals surface area contributed by atoms with Crippen molar-refractivity contribution in [1.82, 2.24) is 9.80 Å². The van der Waals surface area contributed by atoms with E-state index in [4.69, 9.17) is 9.47 Å². The molecule has 2 amide bonds. The summed E-state index contributed by atoms with van der Waals surface area (Å²) in [4.78, 5) is 29.8. The van der Waals surface area contributed by atoms with Crippen molar-refractivity contribution in [3.05, 3.63) is 22.4 Å². The Hall–Kier alpha value is -1.76. The Morgan fingerprint density at radius 2 is 1.54 bits per heavy atom. The highest BCUT2D eigenvalue weighted by Gasteiger charge is 2.40. The van der Waals surface area contributed by atoms with Crippen LogP contribution in [0.4, 0.5) is 9.59 Å². The van der Waals surface area contributed by atoms with Gasteiger partial charge in [-0.2, -0.15) is 0 Å². The Morgan fingerprint density at radius 3 is 2.00 bits per heavy atom. The van der Waals surface area contributed by atoms with Crippen molar-refractivity contribution < 1.29 is 19.1 Å². The molecule has 1 unspecified atom stereocenters. The highest BCUT2D eigenvalue weighted by atomic mass is 32.1. The average molecular weight is 383 g/mol. The Kier molecular flexibility index (Phi) is 5.90. The van der Waals surface area contributed by atoms with Gasteiger partial charge in [0.1, 0.15) is 11.2 Å². The topological polar surface area (TPSA) is 59.1 Å². The van der Waals surface area contributed by atoms with E-state index in [-0.39, 0.29) is 24.3 Å². The van der Waals surface area contributed by atoms with Gasteiger partial charge < -0.3 is 14.4 Å². The molecular formula is C19H30N2O4S. The minimum atomic E-state index is -0.567. The van der Waals surface area contributed by atoms with E-state index >= 15 is 0 Å². The zero-order chi connectivity index (χ0) is 19.7. The maximum Gasteiger partial charge on any atom is 0.410 e. The average Bonchev–Trinajstić information content (AvgIpc) is 2.97. The SMILES string of the molecule is CC1CN(C(=O)OC(C)(C)C)[C@@H](c2cccs2)CN1C(=O)OC(C)(C)C. The molecule has 2 atom stereocenters. The van der Waals surface area contributed by atoms with Crippen molar-refractivity contribution in [3.8, 4) is 0 Å². The second-order valence-corrected chi connectivity index (χ2v) is 9.62. The van der Waals surface area contributed by atoms with Crippen LogP contribution in [0, 0.1) is 0 Å². The van der Waals surface area contributed by atoms with E-state index in [0.29, 0.717) is 13.1 Å². The zero-order valence-electron chi connectivity index (χ0n) is 16.7. The molecule has 1 aromatic rings. The van der Waals surface area contributed by atoms with Crippen LogP contribution in [-0.2, 0) is 9.47 Å². The molecular weight excluding hydrogens is 352 g/mol. The standard InChI is InChI=1S/C19H30N2O4S/c1-13-11-21(17(23)25-19(5,6)7)14(15-9-8-10-26-15)12-20(13)16(22)24-18(2,3)4/h8-10,13-14H,11-12H2,1-7H3/t13?,14-/m1/s1. The van der Waals surface area contributed by atoms with Gasteiger partial charge in [-0.05, 0) is 59.9 Å². The lowest BCUT2D eigenvalue weighted by Gasteiger charge is -2.45. The van der Waals surface area contributed by atoms with Crippen molar-refractivity contribution in [1.29, 1.82) is 0 Å². The predicted octanol–water partition coefficient (Wildman–Crippen LogP) is 4.67. The van der Waals surface area contributed by atoms with Gasteiger partial charge in [0.05, 0.1) is 12.1 Å². The van der Waals surface area contributed by atoms with Crippen LogP contribution in [0.2, 0.25) is 0 Å². The van der Waals surface area contributed by atoms with E-state index in [9.17, 15) is 9.59 Å². The smallest absolute Gasteiger partial charge is 0.410 e. The molecule has 0 spiro atoms. The molecule has 1 fully saturated rings. The van der Waals surface area contributed by atoms with E-state index < -0.39 is 11.2 Å². The third-order valence-electron chi connectivity index (χ3n) is 3.87. The second-order valence-electron chi connectivity index (χ2n) is 8.65. The highest BCUT2D eigenvalue weighted by molar-refractivity contribution is 7.10. The van der Waals surface area contributed by atoms with Crippen molar-refractivity contribution in [3.63, 3.8) is 0 Å². The van der Waals surface area contributed by atoms with Crippen LogP contribution in [0.25, 0.3) is 0 Å². The summed E-state index contributed by atoms with van der Waals surface area (Å²) in [5.74, 6) is 0. The number of rotatable bonds is 1. The lowest BCUT2D eigenvalue weighted by atomic mass is 10.1. The van der Waals surface area contributed by atoms with Gasteiger partial charge in [0.15, 0.2) is 0 Å². The maximum absolute atomic E-state index is 12.7. The summed E-state index contributed by atoms with van der Waals surface area (Å²) in [6, 6.07) is 3.53. The molecule has 1 aliphatic heterocycles. The summed E-state index contributed by atoms with van der Waals surface area (Å²) < 4.78 is 11.1. The quantitative estimate of drug-likeness (QED) is 0.708. The first-order valence-corrected chi connectivity index (χ1v) is 9.78. The molecule has 0 aromatic carbocycles. The van der Waals surface area contributed by atoms with E-state index in [1.54, 1.807) is 21.1 Å². The fourth-order valence-electron chi connectivity index (χ4n) is 2.80. The van der Waals surface area contributed by atoms with Gasteiger partial charge in [-0.3, -0.25) is 4.90 Å². The lowest BCUT2D eigenvalue weighted by Crippen LogP contribution is -2.58. The lowest BCUT2D eigenvalue weighted by molar-refractivity contribution is -0.0278. The molecule has 2 rings (SSSR count). The van der Waals surface area contributed by atoms with Crippen molar-refractivity contribution in [2.45, 2.75) is 71.8 Å². The molecule has 26 heavy (non-hydrogen) atoms. The molecule has 0 N–H and O–H groups in total. The number of ether oxygens (including phenoxy) is 2. The first-order valence-electron chi connectivity index (χ1n) is 8.90. The summed E-state index contributed by atoms with van der Waals surface area (Å²) in [6.07, 6.45) is -0.706. The van der Waals surface area contributed by atoms with Crippen LogP contribution in [0.3, 0.4) is 0 Å². The second kappa shape index (κ2) is 7.47. The molecule has 1 aliphatic rings. The number of carbonyl (C=O) groups excluding carboxylic acids is 2. The van der Waals surface area contributed by atoms with Gasteiger partial charge in [-0.1, -0.05) is 6.07 Å². The Morgan fingerprint density at radius 1 is 1.00 bits per heavy atom. The van der Waals surface area contributed by atoms with Gasteiger partial charge >= 0.3 is 12.2 Å². The van der Waals surface area contributed by atoms with Crippen LogP contribution in [0.5, 0.6) is 0 Å². The molecule has 6 nitrogen and oxygen atoms in total. The van der Waals surface area contributed by atoms with Crippen molar-refractivity contribution in [2.75, 3.05) is 13.1 Å². The Bertz CT molecular complexity index is 631. The first-order chi connectivity index (χ1) is 11.9. The summed E-state index contributed by atoms with van der Waals surface area (Å²) in [6.45, 7) is 13.8. The maximum atomic E-state index is 12.7. The van der Waals surface area contributed by atoms with Gasteiger partial charge in [-0.25, -0.2) is 9.59 Å². The van der Waals surface area contributed by atoms with Gasteiger partial charge in [0.2, 0.25) is 0 Å². The van der Waals surface area contributed by atoms with Crippen LogP contribution in [-0.4, -0.2) is 52.3 Å². The van der Waals surface area contributed by atoms with E-state index in [1.165, 1.54) is 0 Å². The van der Waals surface area contributed by atoms with Gasteiger partial charge in [-0.15, -0.1) is 11.3 Å². The number of thiophene rings is 1. The van der Waals surface area contributed by atoms with Crippen LogP contribution >= 0.6 is 11.3 Å².